The number of esters is 4. The Morgan fingerprint density at radius 3 is 0.838 bits per heavy atom. The van der Waals surface area contributed by atoms with Crippen molar-refractivity contribution in [3.63, 3.8) is 0 Å². The first-order chi connectivity index (χ1) is 53.6. The Kier molecular flexibility index (Phi) is 56.4. The molecule has 2 heterocycles. The van der Waals surface area contributed by atoms with Crippen LogP contribution >= 0.6 is 15.6 Å². The maximum Gasteiger partial charge on any atom is 0.472 e. The van der Waals surface area contributed by atoms with E-state index in [1.54, 1.807) is 0 Å². The summed E-state index contributed by atoms with van der Waals surface area (Å²) >= 11 is 0. The molecule has 652 valence electrons. The van der Waals surface area contributed by atoms with Gasteiger partial charge in [-0.05, 0) is 62.2 Å². The van der Waals surface area contributed by atoms with Crippen molar-refractivity contribution in [2.24, 2.45) is 23.7 Å². The van der Waals surface area contributed by atoms with Gasteiger partial charge in [-0.25, -0.2) is 9.13 Å². The summed E-state index contributed by atoms with van der Waals surface area (Å²) in [5.74, 6) is 1.08. The van der Waals surface area contributed by atoms with E-state index in [9.17, 15) is 68.7 Å². The third kappa shape index (κ3) is 48.4. The SMILES string of the molecule is CCCCCCCCCCCCCCCC(=O)OC[C@H](COP(=O)(O)OCC1OC(OC2OC(COP(=O)(O)OC[C@@H](COC(=O)CCCCCCCCCCCCCCC)OC(=O)CCCCCCC[C@@H]3C[C@@H]3CCCCCC)C(O)C(O)C2O)C(O)C(O)C1O)OC(=O)CCCCCCC[C@@H]1C[C@@H]1CCCCCC. The molecule has 4 rings (SSSR count). The maximum atomic E-state index is 13.5. The van der Waals surface area contributed by atoms with Crippen LogP contribution < -0.4 is 0 Å². The highest BCUT2D eigenvalue weighted by Gasteiger charge is 2.51. The normalized spacial score (nSPS) is 25.4. The molecule has 111 heavy (non-hydrogen) atoms. The summed E-state index contributed by atoms with van der Waals surface area (Å²) in [6.07, 6.45) is 34.1. The van der Waals surface area contributed by atoms with Crippen LogP contribution in [0.1, 0.15) is 374 Å². The van der Waals surface area contributed by atoms with Gasteiger partial charge in [-0.1, -0.05) is 310 Å². The molecule has 2 saturated heterocycles. The van der Waals surface area contributed by atoms with E-state index in [2.05, 4.69) is 27.7 Å². The van der Waals surface area contributed by atoms with E-state index in [1.165, 1.54) is 193 Å². The first-order valence-electron chi connectivity index (χ1n) is 44.6. The lowest BCUT2D eigenvalue weighted by Gasteiger charge is -2.45. The lowest BCUT2D eigenvalue weighted by molar-refractivity contribution is -0.376. The number of rotatable bonds is 74. The quantitative estimate of drug-likeness (QED) is 0.0121. The Balaban J connectivity index is 1.27. The van der Waals surface area contributed by atoms with Crippen LogP contribution in [-0.4, -0.2) is 178 Å². The van der Waals surface area contributed by atoms with E-state index in [-0.39, 0.29) is 25.7 Å². The molecule has 2 aliphatic carbocycles. The molecule has 0 amide bonds. The number of phosphoric acid groups is 2. The van der Waals surface area contributed by atoms with Crippen LogP contribution in [0.4, 0.5) is 0 Å². The molecule has 0 aromatic rings. The third-order valence-corrected chi connectivity index (χ3v) is 24.5. The number of aliphatic hydroxyl groups is 6. The van der Waals surface area contributed by atoms with Crippen LogP contribution in [0, 0.1) is 23.7 Å². The zero-order valence-electron chi connectivity index (χ0n) is 69.1. The smallest absolute Gasteiger partial charge is 0.462 e. The lowest BCUT2D eigenvalue weighted by atomic mass is 9.98. The number of unbranched alkanes of at least 4 members (excludes halogenated alkanes) is 38. The van der Waals surface area contributed by atoms with Gasteiger partial charge in [-0.15, -0.1) is 0 Å². The molecule has 2 saturated carbocycles. The largest absolute Gasteiger partial charge is 0.472 e. The van der Waals surface area contributed by atoms with Crippen LogP contribution in [0.3, 0.4) is 0 Å². The standard InChI is InChI=1S/C84H156O25P2/c1-5-9-13-17-19-21-23-25-27-29-31-37-45-53-73(85)99-59-69(105-75(87)55-47-39-33-35-43-51-67-57-65(67)49-41-15-11-7-3)61-101-110(95,96)103-63-71-77(89)79(91)81(93)83(107-71)109-84-82(94)80(92)78(90)72(108-84)64-104-111(97,98)102-62-70(60-100-74(86)54-46-38-32-30-28-26-24-22-20-18-14-10-6-2)106-76(88)56-48-40-34-36-44-52-68-58-66(68)50-42-16-12-8-4/h65-72,77-84,89-94H,5-64H2,1-4H3,(H,95,96)(H,97,98)/t65-,66-,67+,68+,69+,70+,71?,72?,77?,78?,79?,80?,81?,82?,83?,84?/m0/s1. The van der Waals surface area contributed by atoms with E-state index in [0.717, 1.165) is 126 Å². The number of carbonyl (C=O) groups excluding carboxylic acids is 4. The lowest BCUT2D eigenvalue weighted by Crippen LogP contribution is -2.63. The molecule has 25 nitrogen and oxygen atoms in total. The highest BCUT2D eigenvalue weighted by molar-refractivity contribution is 7.47. The predicted molar refractivity (Wildman–Crippen MR) is 426 cm³/mol. The Labute approximate surface area is 667 Å². The second-order valence-electron chi connectivity index (χ2n) is 32.7. The van der Waals surface area contributed by atoms with E-state index >= 15 is 0 Å². The predicted octanol–water partition coefficient (Wildman–Crippen LogP) is 17.4. The van der Waals surface area contributed by atoms with Gasteiger partial charge < -0.3 is 73.6 Å². The fourth-order valence-corrected chi connectivity index (χ4v) is 16.7. The van der Waals surface area contributed by atoms with Crippen molar-refractivity contribution in [2.75, 3.05) is 39.6 Å². The Morgan fingerprint density at radius 1 is 0.315 bits per heavy atom. The number of hydrogen-bond acceptors (Lipinski definition) is 23. The summed E-state index contributed by atoms with van der Waals surface area (Å²) in [6.45, 7) is 4.34. The molecule has 2 aliphatic heterocycles. The number of aliphatic hydroxyl groups excluding tert-OH is 6. The molecular weight excluding hydrogens is 1470 g/mol. The van der Waals surface area contributed by atoms with E-state index < -0.39 is 153 Å². The highest BCUT2D eigenvalue weighted by atomic mass is 31.2. The Hall–Kier alpha value is -2.26. The molecule has 18 atom stereocenters. The molecule has 4 aliphatic rings. The minimum absolute atomic E-state index is 0.0488. The van der Waals surface area contributed by atoms with Crippen molar-refractivity contribution in [1.29, 1.82) is 0 Å². The van der Waals surface area contributed by atoms with Crippen LogP contribution in [-0.2, 0) is 79.6 Å². The van der Waals surface area contributed by atoms with Gasteiger partial charge in [-0.3, -0.25) is 37.3 Å². The summed E-state index contributed by atoms with van der Waals surface area (Å²) in [7, 11) is -10.3. The molecule has 0 bridgehead atoms. The molecule has 0 spiro atoms. The fourth-order valence-electron chi connectivity index (χ4n) is 15.2. The number of carbonyl (C=O) groups is 4. The summed E-state index contributed by atoms with van der Waals surface area (Å²) in [6, 6.07) is 0. The van der Waals surface area contributed by atoms with Gasteiger partial charge in [0, 0.05) is 25.7 Å². The summed E-state index contributed by atoms with van der Waals surface area (Å²) < 4.78 is 87.0. The summed E-state index contributed by atoms with van der Waals surface area (Å²) in [5.41, 5.74) is 0. The number of hydrogen-bond donors (Lipinski definition) is 8. The molecule has 0 aromatic carbocycles. The zero-order chi connectivity index (χ0) is 80.8. The van der Waals surface area contributed by atoms with Crippen molar-refractivity contribution in [3.8, 4) is 0 Å². The van der Waals surface area contributed by atoms with Crippen LogP contribution in [0.5, 0.6) is 0 Å². The molecule has 8 N–H and O–H groups in total. The fraction of sp³-hybridized carbons (Fsp3) is 0.952. The summed E-state index contributed by atoms with van der Waals surface area (Å²) in [4.78, 5) is 74.1. The third-order valence-electron chi connectivity index (χ3n) is 22.6. The minimum Gasteiger partial charge on any atom is -0.462 e. The Bertz CT molecular complexity index is 2300. The maximum absolute atomic E-state index is 13.5. The molecular formula is C84H156O25P2. The van der Waals surface area contributed by atoms with Crippen LogP contribution in [0.15, 0.2) is 0 Å². The van der Waals surface area contributed by atoms with Crippen molar-refractivity contribution in [1.82, 2.24) is 0 Å². The number of phosphoric ester groups is 2. The van der Waals surface area contributed by atoms with Crippen molar-refractivity contribution >= 4 is 39.5 Å². The van der Waals surface area contributed by atoms with E-state index in [0.29, 0.717) is 25.7 Å². The van der Waals surface area contributed by atoms with Crippen molar-refractivity contribution in [2.45, 2.75) is 448 Å². The minimum atomic E-state index is -5.17. The van der Waals surface area contributed by atoms with Gasteiger partial charge in [0.25, 0.3) is 0 Å². The van der Waals surface area contributed by atoms with E-state index in [4.69, 9.17) is 51.3 Å². The van der Waals surface area contributed by atoms with Gasteiger partial charge in [0.1, 0.15) is 62.0 Å². The van der Waals surface area contributed by atoms with Gasteiger partial charge >= 0.3 is 39.5 Å². The first kappa shape index (κ1) is 101. The topological polar surface area (TPSA) is 366 Å². The molecule has 27 heteroatoms. The highest BCUT2D eigenvalue weighted by Crippen LogP contribution is 2.48. The number of ether oxygens (including phenoxy) is 7. The summed E-state index contributed by atoms with van der Waals surface area (Å²) in [5, 5.41) is 65.9. The van der Waals surface area contributed by atoms with Crippen LogP contribution in [0.2, 0.25) is 0 Å². The second-order valence-corrected chi connectivity index (χ2v) is 35.6. The molecule has 0 aromatic heterocycles. The average Bonchev–Trinajstić information content (AvgIpc) is 1.64. The zero-order valence-corrected chi connectivity index (χ0v) is 70.9. The van der Waals surface area contributed by atoms with Gasteiger partial charge in [-0.2, -0.15) is 0 Å². The van der Waals surface area contributed by atoms with Gasteiger partial charge in [0.05, 0.1) is 26.4 Å². The van der Waals surface area contributed by atoms with Crippen LogP contribution in [0.25, 0.3) is 0 Å². The average molecular weight is 1630 g/mol. The first-order valence-corrected chi connectivity index (χ1v) is 47.6. The van der Waals surface area contributed by atoms with Crippen molar-refractivity contribution in [3.05, 3.63) is 0 Å². The molecule has 4 fully saturated rings. The molecule has 0 radical (unpaired) electrons. The van der Waals surface area contributed by atoms with Gasteiger partial charge in [0.15, 0.2) is 24.8 Å². The Morgan fingerprint density at radius 2 is 0.559 bits per heavy atom. The van der Waals surface area contributed by atoms with Gasteiger partial charge in [0.2, 0.25) is 0 Å². The van der Waals surface area contributed by atoms with E-state index in [1.807, 2.05) is 0 Å². The molecule has 12 unspecified atom stereocenters. The second kappa shape index (κ2) is 62.0. The van der Waals surface area contributed by atoms with Crippen molar-refractivity contribution < 1.29 is 120 Å². The monoisotopic (exact) mass is 1630 g/mol.